The highest BCUT2D eigenvalue weighted by molar-refractivity contribution is 6.61. The Morgan fingerprint density at radius 1 is 1.52 bits per heavy atom. The minimum atomic E-state index is -0.860. The maximum atomic E-state index is 9.58. The molecule has 0 amide bonds. The summed E-state index contributed by atoms with van der Waals surface area (Å²) in [7, 11) is 0.843. The van der Waals surface area contributed by atoms with E-state index in [1.54, 1.807) is 31.3 Å². The van der Waals surface area contributed by atoms with Crippen LogP contribution in [0.3, 0.4) is 0 Å². The van der Waals surface area contributed by atoms with Crippen molar-refractivity contribution in [1.29, 1.82) is 0 Å². The molecule has 0 radical (unpaired) electrons. The second-order valence-corrected chi connectivity index (χ2v) is 4.51. The van der Waals surface area contributed by atoms with Gasteiger partial charge in [0.2, 0.25) is 11.6 Å². The SMILES string of the molecule is [2H][2H].[2H][2H].[2H][2H].[2H][2H].[2H][2H].[2H][2H].[2H][2H].[2H][2H].[2H][2H].[2H][2H].[2H][2H].[2H][2H].[2H][2H].[2H][2H].[2H][2H].[2H][2H].[2H][2H].[2H][2H].[2H][2H].[2H][2H].[2H][2H].[2H][2H].[2H][2H].[2H][2H].[2H][2H].[2H][2H].[2H][2H].[2H][2H].[2H][2H].[2H][2H].[2H][2H].[2H][2H].[2H][2H].[2H][2H].[2H][2H].[2H][2H].[2H][2H].[2H][2H].[2H][2H].[2H][2H].[2H][2H].[2H][2H].[2H][2H].[2H][2H].[2H][2H].[2H][2H].[2H][2H].[2H][2H].[2H][2H].[2H][2H].[2H][2H].[2H][2H].[2H][2H].[2H][2H].[2H][2H].[C-]#[N+]c1ccc(Oc2ccc3c(c2)COB3O)nc1NC. The summed E-state index contributed by atoms with van der Waals surface area (Å²) < 4.78 is 561. The van der Waals surface area contributed by atoms with Gasteiger partial charge in [-0.3, -0.25) is 0 Å². The highest BCUT2D eigenvalue weighted by atomic mass is 16.5. The molecule has 0 unspecified atom stereocenters. The highest BCUT2D eigenvalue weighted by Crippen LogP contribution is 2.28. The van der Waals surface area contributed by atoms with E-state index in [1.165, 1.54) is 0 Å². The van der Waals surface area contributed by atoms with Crippen molar-refractivity contribution >= 4 is 24.1 Å². The molecule has 0 bridgehead atoms. The number of aromatic nitrogens is 1. The molecule has 0 saturated heterocycles. The normalized spacial score (nSPS) is 33.7. The third kappa shape index (κ3) is 2.54. The zero-order valence-corrected chi connectivity index (χ0v) is 11.3. The molecule has 6 nitrogen and oxygen atoms in total. The highest BCUT2D eigenvalue weighted by Gasteiger charge is 2.27. The van der Waals surface area contributed by atoms with Gasteiger partial charge in [-0.1, -0.05) is 6.07 Å². The van der Waals surface area contributed by atoms with E-state index in [0.717, 1.165) is 11.0 Å². The van der Waals surface area contributed by atoms with Crippen molar-refractivity contribution < 1.29 is 178 Å². The number of pyridine rings is 1. The first-order chi connectivity index (χ1) is 65.2. The molecule has 1 aliphatic heterocycles. The molecule has 1 aromatic heterocycles. The molecule has 7 heteroatoms. The van der Waals surface area contributed by atoms with Crippen LogP contribution in [0.1, 0.15) is 169 Å². The smallest absolute Gasteiger partial charge is 0.439 e. The number of rotatable bonds is 3. The van der Waals surface area contributed by atoms with E-state index in [1.807, 2.05) is 6.07 Å². The predicted octanol–water partition coefficient (Wildman–Crippen LogP) is 15.2. The third-order valence-electron chi connectivity index (χ3n) is 3.21. The van der Waals surface area contributed by atoms with E-state index >= 15 is 0 Å². The molecule has 21 heavy (non-hydrogen) atoms. The van der Waals surface area contributed by atoms with Crippen molar-refractivity contribution in [2.24, 2.45) is 0 Å². The Balaban J connectivity index is -0.00000000972. The van der Waals surface area contributed by atoms with E-state index in [-0.39, 0.29) is 0 Å². The van der Waals surface area contributed by atoms with E-state index in [0.29, 0.717) is 29.7 Å². The summed E-state index contributed by atoms with van der Waals surface area (Å²) in [6.45, 7) is 7.41. The monoisotopic (exact) mass is 503 g/mol. The molecule has 0 atom stereocenters. The number of nitrogens with zero attached hydrogens (tertiary/aromatic N) is 2. The lowest BCUT2D eigenvalue weighted by atomic mass is 9.80. The van der Waals surface area contributed by atoms with Crippen LogP contribution in [0.25, 0.3) is 4.85 Å². The molecule has 3 rings (SSSR count). The van der Waals surface area contributed by atoms with Crippen molar-refractivity contribution in [3.8, 4) is 11.6 Å². The molecule has 1 aliphatic rings. The summed E-state index contributed by atoms with van der Waals surface area (Å²) in [4.78, 5) is 7.61. The maximum Gasteiger partial charge on any atom is 0.491 e. The molecule has 214 valence electrons. The molecule has 2 heterocycles. The van der Waals surface area contributed by atoms with Gasteiger partial charge >= 0.3 is 7.12 Å². The summed E-state index contributed by atoms with van der Waals surface area (Å²) in [5.41, 5.74) is 2.09. The van der Waals surface area contributed by atoms with Gasteiger partial charge in [0.1, 0.15) is 11.6 Å². The number of hydrogen-bond acceptors (Lipinski definition) is 5. The summed E-state index contributed by atoms with van der Waals surface area (Å²) in [5.74, 6) is 1.48. The van der Waals surface area contributed by atoms with Crippen LogP contribution >= 0.6 is 0 Å². The fourth-order valence-corrected chi connectivity index (χ4v) is 2.16. The quantitative estimate of drug-likeness (QED) is 0.323. The van der Waals surface area contributed by atoms with Gasteiger partial charge in [0, 0.05) is 170 Å². The second kappa shape index (κ2) is 5.44. The Bertz CT molecular complexity index is 813. The van der Waals surface area contributed by atoms with Gasteiger partial charge < -0.3 is 19.7 Å². The minimum Gasteiger partial charge on any atom is -0.439 e. The molecule has 0 saturated carbocycles. The lowest BCUT2D eigenvalue weighted by Gasteiger charge is -2.09. The predicted molar refractivity (Wildman–Crippen MR) is 195 cm³/mol. The Morgan fingerprint density at radius 3 is 3.14 bits per heavy atom. The van der Waals surface area contributed by atoms with Crippen LogP contribution in [0, 0.1) is 6.57 Å². The van der Waals surface area contributed by atoms with Crippen molar-refractivity contribution in [2.75, 3.05) is 12.4 Å². The molecular weight excluding hydrogens is 269 g/mol. The van der Waals surface area contributed by atoms with Crippen LogP contribution in [-0.2, 0) is 11.3 Å². The number of fused-ring (bicyclic) bond motifs is 1. The van der Waals surface area contributed by atoms with E-state index in [2.05, 4.69) is 15.1 Å². The van der Waals surface area contributed by atoms with Gasteiger partial charge in [0.05, 0.1) is 13.2 Å². The summed E-state index contributed by atoms with van der Waals surface area (Å²) in [6.07, 6.45) is 0. The molecule has 0 aliphatic carbocycles. The first kappa shape index (κ1) is 0.986. The van der Waals surface area contributed by atoms with Gasteiger partial charge in [-0.15, -0.1) is 0 Å². The Kier molecular flexibility index (Phi) is 0.256. The van der Waals surface area contributed by atoms with E-state index in [9.17, 15) is 5.02 Å². The Morgan fingerprint density at radius 2 is 2.38 bits per heavy atom. The fourth-order valence-electron chi connectivity index (χ4n) is 2.16. The largest absolute Gasteiger partial charge is 0.491 e. The zero-order valence-electron chi connectivity index (χ0n) is 121. The molecule has 0 fully saturated rings. The zero-order chi connectivity index (χ0) is 125. The summed E-state index contributed by atoms with van der Waals surface area (Å²) in [5, 5.41) is 12.4. The first-order valence-corrected chi connectivity index (χ1v) is 6.38. The van der Waals surface area contributed by atoms with Gasteiger partial charge in [-0.05, 0) is 35.3 Å². The number of nitrogens with one attached hydrogen (secondary N) is 1. The molecule has 1 aromatic carbocycles. The van der Waals surface area contributed by atoms with Gasteiger partial charge in [0.25, 0.3) is 0 Å². The van der Waals surface area contributed by atoms with Crippen molar-refractivity contribution in [3.05, 3.63) is 47.3 Å². The second-order valence-electron chi connectivity index (χ2n) is 4.51. The fraction of sp³-hybridized carbons (Fsp3) is 0.143. The average molecular weight is 503 g/mol. The first-order valence-electron chi connectivity index (χ1n) is 61.4. The maximum absolute atomic E-state index is 9.58. The number of benzene rings is 1. The molecule has 2 N–H and O–H groups in total. The number of hydrogen-bond donors (Lipinski definition) is 2. The number of anilines is 1. The topological polar surface area (TPSA) is 68.0 Å². The van der Waals surface area contributed by atoms with Crippen LogP contribution in [0.15, 0.2) is 30.3 Å². The van der Waals surface area contributed by atoms with E-state index in [4.69, 9.17) is 179 Å². The van der Waals surface area contributed by atoms with Crippen LogP contribution in [0.4, 0.5) is 11.5 Å². The van der Waals surface area contributed by atoms with Crippen LogP contribution in [0.5, 0.6) is 11.6 Å². The lowest BCUT2D eigenvalue weighted by Crippen LogP contribution is -2.27. The third-order valence-corrected chi connectivity index (χ3v) is 3.21. The van der Waals surface area contributed by atoms with Crippen LogP contribution < -0.4 is 15.5 Å². The van der Waals surface area contributed by atoms with Crippen LogP contribution in [0.2, 0.25) is 0 Å². The van der Waals surface area contributed by atoms with Crippen molar-refractivity contribution in [2.45, 2.75) is 6.61 Å². The standard InChI is InChI=1S/C14H12BN3O3.55H2/c1-16-12-5-6-13(18-14(12)17-2)21-10-3-4-11-9(7-10)8-20-15(11)19;;;;;;;;;;;;;;;;;;;;;;;;;;;;;;;;;;;;;;;;;;;;;;;;;;;;;;;/h3-7,19H,8H2,2H3,(H,17,18);55*1H/i;55*1+1D. The van der Waals surface area contributed by atoms with Crippen molar-refractivity contribution in [1.82, 2.24) is 4.98 Å². The van der Waals surface area contributed by atoms with Crippen molar-refractivity contribution in [3.63, 3.8) is 0 Å². The van der Waals surface area contributed by atoms with E-state index < -0.39 is 7.12 Å². The van der Waals surface area contributed by atoms with Gasteiger partial charge in [0.15, 0.2) is 0 Å². The van der Waals surface area contributed by atoms with Gasteiger partial charge in [-0.2, -0.15) is 0 Å². The molecule has 2 aromatic rings. The molecule has 0 spiro atoms. The lowest BCUT2D eigenvalue weighted by molar-refractivity contribution is 0.275. The Labute approximate surface area is 292 Å². The summed E-state index contributed by atoms with van der Waals surface area (Å²) in [6, 6.07) is 8.64. The average Bonchev–Trinajstić information content (AvgIpc) is 1.72. The summed E-state index contributed by atoms with van der Waals surface area (Å²) >= 11 is 0. The van der Waals surface area contributed by atoms with Gasteiger partial charge in [-0.25, -0.2) is 9.83 Å². The number of ether oxygens (including phenoxy) is 1. The van der Waals surface area contributed by atoms with Crippen LogP contribution in [-0.4, -0.2) is 24.2 Å². The Hall–Kier alpha value is -2.56. The molecular formula is C14H122BN3O3. The minimum absolute atomic E-state index is 0.361.